The van der Waals surface area contributed by atoms with Crippen molar-refractivity contribution in [1.29, 1.82) is 5.26 Å². The van der Waals surface area contributed by atoms with Crippen LogP contribution < -0.4 is 20.7 Å². The van der Waals surface area contributed by atoms with E-state index >= 15 is 0 Å². The highest BCUT2D eigenvalue weighted by atomic mass is 32.2. The predicted molar refractivity (Wildman–Crippen MR) is 177 cm³/mol. The maximum Gasteiger partial charge on any atom is 0.408 e. The van der Waals surface area contributed by atoms with Gasteiger partial charge in [0.25, 0.3) is 11.8 Å². The van der Waals surface area contributed by atoms with E-state index in [-0.39, 0.29) is 36.9 Å². The number of nitrogens with one attached hydrogen (secondary N) is 4. The minimum absolute atomic E-state index is 0.0149. The van der Waals surface area contributed by atoms with Crippen molar-refractivity contribution >= 4 is 39.7 Å². The van der Waals surface area contributed by atoms with Crippen LogP contribution in [0.5, 0.6) is 0 Å². The van der Waals surface area contributed by atoms with Crippen molar-refractivity contribution in [2.45, 2.75) is 113 Å². The molecule has 3 fully saturated rings. The molecule has 2 aliphatic carbocycles. The predicted octanol–water partition coefficient (Wildman–Crippen LogP) is 2.15. The van der Waals surface area contributed by atoms with Crippen LogP contribution in [0.1, 0.15) is 94.5 Å². The number of sulfonamides is 1. The lowest BCUT2D eigenvalue weighted by molar-refractivity contribution is -0.141. The highest BCUT2D eigenvalue weighted by molar-refractivity contribution is 7.91. The van der Waals surface area contributed by atoms with Crippen LogP contribution in [0.3, 0.4) is 0 Å². The van der Waals surface area contributed by atoms with Gasteiger partial charge >= 0.3 is 6.09 Å². The molecule has 1 saturated heterocycles. The summed E-state index contributed by atoms with van der Waals surface area (Å²) in [6, 6.07) is 5.20. The van der Waals surface area contributed by atoms with E-state index in [0.29, 0.717) is 25.7 Å². The van der Waals surface area contributed by atoms with Gasteiger partial charge in [0.2, 0.25) is 21.8 Å². The van der Waals surface area contributed by atoms with E-state index in [1.807, 2.05) is 18.2 Å². The Labute approximate surface area is 286 Å². The average Bonchev–Trinajstić information content (AvgIpc) is 3.95. The molecule has 1 aromatic rings. The minimum atomic E-state index is -3.90. The molecule has 4 N–H and O–H groups in total. The van der Waals surface area contributed by atoms with Crippen LogP contribution in [0, 0.1) is 17.2 Å². The fraction of sp³-hybridized carbons (Fsp3) is 0.588. The number of alkyl carbamates (subject to hydrolysis) is 1. The molecule has 5 atom stereocenters. The summed E-state index contributed by atoms with van der Waals surface area (Å²) >= 11 is 0. The van der Waals surface area contributed by atoms with Crippen molar-refractivity contribution in [3.8, 4) is 6.07 Å². The van der Waals surface area contributed by atoms with Crippen LogP contribution in [0.25, 0.3) is 0 Å². The lowest BCUT2D eigenvalue weighted by atomic mass is 10.0. The van der Waals surface area contributed by atoms with Gasteiger partial charge in [-0.05, 0) is 83.9 Å². The molecule has 0 bridgehead atoms. The highest BCUT2D eigenvalue weighted by Gasteiger charge is 2.62. The van der Waals surface area contributed by atoms with Crippen molar-refractivity contribution in [3.63, 3.8) is 0 Å². The van der Waals surface area contributed by atoms with Crippen molar-refractivity contribution in [3.05, 3.63) is 47.5 Å². The fourth-order valence-corrected chi connectivity index (χ4v) is 7.72. The van der Waals surface area contributed by atoms with Crippen LogP contribution in [0.4, 0.5) is 4.79 Å². The Morgan fingerprint density at radius 2 is 1.84 bits per heavy atom. The van der Waals surface area contributed by atoms with E-state index in [1.165, 1.54) is 11.0 Å². The Hall–Kier alpha value is -4.45. The summed E-state index contributed by atoms with van der Waals surface area (Å²) < 4.78 is 33.0. The average molecular weight is 697 g/mol. The molecule has 2 heterocycles. The first-order chi connectivity index (χ1) is 23.1. The first-order valence-corrected chi connectivity index (χ1v) is 18.3. The summed E-state index contributed by atoms with van der Waals surface area (Å²) in [4.78, 5) is 69.2. The van der Waals surface area contributed by atoms with Crippen molar-refractivity contribution in [2.75, 3.05) is 6.54 Å². The number of carbonyl (C=O) groups excluding carboxylic acids is 5. The highest BCUT2D eigenvalue weighted by Crippen LogP contribution is 2.46. The Balaban J connectivity index is 1.43. The van der Waals surface area contributed by atoms with Gasteiger partial charge in [-0.3, -0.25) is 23.9 Å². The van der Waals surface area contributed by atoms with E-state index in [2.05, 4.69) is 20.7 Å². The van der Waals surface area contributed by atoms with Crippen LogP contribution in [-0.2, 0) is 29.1 Å². The van der Waals surface area contributed by atoms with E-state index in [4.69, 9.17) is 4.74 Å². The summed E-state index contributed by atoms with van der Waals surface area (Å²) in [5, 5.41) is 17.0. The van der Waals surface area contributed by atoms with E-state index < -0.39 is 80.2 Å². The van der Waals surface area contributed by atoms with E-state index in [9.17, 15) is 37.7 Å². The molecule has 5 rings (SSSR count). The molecule has 0 radical (unpaired) electrons. The standard InChI is InChI=1S/C34H44N6O8S/c1-33(2,3)48-32(45)37-26-13-8-6-4-5-7-12-23-18-34(23,31(44)39-49(46,47)25-14-15-25)38-29(42)27-17-24(20-40(27)30(26)43)36-28(41)22-11-9-10-21(16-22)19-35/h7,9-12,16,23-27H,4-6,8,13-15,17-18,20H2,1-3H3,(H,36,41)(H,37,45)(H,38,42)(H,39,44)/b12-7-/t23-,24+,26-,27-,34+/m0/s1. The van der Waals surface area contributed by atoms with Crippen LogP contribution in [0.15, 0.2) is 36.4 Å². The van der Waals surface area contributed by atoms with Gasteiger partial charge in [-0.2, -0.15) is 5.26 Å². The monoisotopic (exact) mass is 696 g/mol. The Kier molecular flexibility index (Phi) is 10.4. The molecule has 2 aliphatic heterocycles. The first-order valence-electron chi connectivity index (χ1n) is 16.8. The SMILES string of the molecule is CC(C)(C)OC(=O)N[C@H]1CCCCC/C=C\[C@H]2C[C@@]2(C(=O)NS(=O)(=O)C2CC2)NC(=O)[C@@H]2C[C@@H](NC(=O)c3cccc(C#N)c3)CN2C1=O. The van der Waals surface area contributed by atoms with Crippen molar-refractivity contribution in [2.24, 2.45) is 5.92 Å². The zero-order valence-electron chi connectivity index (χ0n) is 28.0. The summed E-state index contributed by atoms with van der Waals surface area (Å²) in [5.41, 5.74) is -1.84. The third-order valence-corrected chi connectivity index (χ3v) is 11.0. The Morgan fingerprint density at radius 3 is 2.53 bits per heavy atom. The summed E-state index contributed by atoms with van der Waals surface area (Å²) in [7, 11) is -3.90. The summed E-state index contributed by atoms with van der Waals surface area (Å²) in [5.74, 6) is -3.02. The zero-order valence-corrected chi connectivity index (χ0v) is 28.8. The van der Waals surface area contributed by atoms with E-state index in [1.54, 1.807) is 39.0 Å². The number of allylic oxidation sites excluding steroid dienone is 1. The number of amides is 5. The van der Waals surface area contributed by atoms with Gasteiger partial charge in [0.1, 0.15) is 23.2 Å². The molecular weight excluding hydrogens is 652 g/mol. The van der Waals surface area contributed by atoms with Gasteiger partial charge in [-0.15, -0.1) is 0 Å². The first kappa shape index (κ1) is 35.8. The lowest BCUT2D eigenvalue weighted by Crippen LogP contribution is -2.58. The normalized spacial score (nSPS) is 28.2. The molecular formula is C34H44N6O8S. The zero-order chi connectivity index (χ0) is 35.6. The fourth-order valence-electron chi connectivity index (χ4n) is 6.35. The van der Waals surface area contributed by atoms with Gasteiger partial charge in [0, 0.05) is 24.1 Å². The van der Waals surface area contributed by atoms with Crippen molar-refractivity contribution in [1.82, 2.24) is 25.6 Å². The van der Waals surface area contributed by atoms with Crippen LogP contribution in [0.2, 0.25) is 0 Å². The summed E-state index contributed by atoms with van der Waals surface area (Å²) in [6.07, 6.45) is 7.08. The molecule has 1 aromatic carbocycles. The summed E-state index contributed by atoms with van der Waals surface area (Å²) in [6.45, 7) is 5.02. The third kappa shape index (κ3) is 8.78. The minimum Gasteiger partial charge on any atom is -0.444 e. The van der Waals surface area contributed by atoms with Gasteiger partial charge in [0.15, 0.2) is 0 Å². The molecule has 49 heavy (non-hydrogen) atoms. The van der Waals surface area contributed by atoms with Gasteiger partial charge in [-0.25, -0.2) is 13.2 Å². The second-order valence-corrected chi connectivity index (χ2v) is 16.3. The molecule has 14 nitrogen and oxygen atoms in total. The van der Waals surface area contributed by atoms with Crippen LogP contribution in [-0.4, -0.2) is 84.1 Å². The molecule has 0 aromatic heterocycles. The number of fused-ring (bicyclic) bond motifs is 2. The maximum absolute atomic E-state index is 14.2. The maximum atomic E-state index is 14.2. The number of hydrogen-bond donors (Lipinski definition) is 4. The number of ether oxygens (including phenoxy) is 1. The number of carbonyl (C=O) groups is 5. The molecule has 4 aliphatic rings. The second-order valence-electron chi connectivity index (χ2n) is 14.3. The van der Waals surface area contributed by atoms with Crippen molar-refractivity contribution < 1.29 is 37.1 Å². The largest absolute Gasteiger partial charge is 0.444 e. The number of nitriles is 1. The molecule has 0 spiro atoms. The molecule has 5 amide bonds. The van der Waals surface area contributed by atoms with E-state index in [0.717, 1.165) is 12.8 Å². The molecule has 2 saturated carbocycles. The number of nitrogens with zero attached hydrogens (tertiary/aromatic N) is 2. The number of hydrogen-bond acceptors (Lipinski definition) is 9. The number of benzene rings is 1. The Bertz CT molecular complexity index is 1680. The Morgan fingerprint density at radius 1 is 1.08 bits per heavy atom. The smallest absolute Gasteiger partial charge is 0.408 e. The molecule has 264 valence electrons. The lowest BCUT2D eigenvalue weighted by Gasteiger charge is -2.30. The van der Waals surface area contributed by atoms with Gasteiger partial charge < -0.3 is 25.6 Å². The molecule has 15 heteroatoms. The molecule has 0 unspecified atom stereocenters. The second kappa shape index (κ2) is 14.2. The van der Waals surface area contributed by atoms with Crippen LogP contribution >= 0.6 is 0 Å². The third-order valence-electron chi connectivity index (χ3n) is 9.16. The topological polar surface area (TPSA) is 204 Å². The quantitative estimate of drug-likeness (QED) is 0.321. The number of rotatable bonds is 6. The van der Waals surface area contributed by atoms with Gasteiger partial charge in [-0.1, -0.05) is 31.1 Å². The van der Waals surface area contributed by atoms with Gasteiger partial charge in [0.05, 0.1) is 16.9 Å².